The van der Waals surface area contributed by atoms with E-state index in [2.05, 4.69) is 6.58 Å². The van der Waals surface area contributed by atoms with E-state index >= 15 is 0 Å². The lowest BCUT2D eigenvalue weighted by Gasteiger charge is -1.97. The molecule has 72 valence electrons. The van der Waals surface area contributed by atoms with Gasteiger partial charge in [-0.2, -0.15) is 4.74 Å². The van der Waals surface area contributed by atoms with Gasteiger partial charge in [0.2, 0.25) is 0 Å². The highest BCUT2D eigenvalue weighted by Crippen LogP contribution is 2.15. The Balaban J connectivity index is 2.45. The molecule has 0 amide bonds. The van der Waals surface area contributed by atoms with Crippen molar-refractivity contribution >= 4 is 0 Å². The van der Waals surface area contributed by atoms with Crippen molar-refractivity contribution < 1.29 is 8.94 Å². The first kappa shape index (κ1) is 8.62. The SMILES string of the molecule is C=CCc1occc1-n1ccc(=O)o1. The van der Waals surface area contributed by atoms with Gasteiger partial charge >= 0.3 is 5.63 Å². The van der Waals surface area contributed by atoms with Gasteiger partial charge in [-0.3, -0.25) is 0 Å². The Morgan fingerprint density at radius 2 is 2.36 bits per heavy atom. The third kappa shape index (κ3) is 1.42. The van der Waals surface area contributed by atoms with Crippen LogP contribution in [0, 0.1) is 0 Å². The highest BCUT2D eigenvalue weighted by atomic mass is 16.5. The van der Waals surface area contributed by atoms with Crippen LogP contribution >= 0.6 is 0 Å². The molecule has 0 N–H and O–H groups in total. The van der Waals surface area contributed by atoms with Crippen LogP contribution < -0.4 is 5.63 Å². The zero-order valence-electron chi connectivity index (χ0n) is 7.47. The van der Waals surface area contributed by atoms with E-state index < -0.39 is 0 Å². The van der Waals surface area contributed by atoms with Crippen LogP contribution in [0.15, 0.2) is 51.0 Å². The normalized spacial score (nSPS) is 10.3. The standard InChI is InChI=1S/C10H9NO3/c1-2-3-9-8(5-7-13-9)11-6-4-10(12)14-11/h2,4-7H,1,3H2. The summed E-state index contributed by atoms with van der Waals surface area (Å²) in [5.74, 6) is 0.722. The van der Waals surface area contributed by atoms with Gasteiger partial charge in [-0.05, 0) is 0 Å². The Morgan fingerprint density at radius 1 is 1.50 bits per heavy atom. The number of nitrogens with zero attached hydrogens (tertiary/aromatic N) is 1. The van der Waals surface area contributed by atoms with Crippen molar-refractivity contribution in [2.75, 3.05) is 0 Å². The van der Waals surface area contributed by atoms with E-state index in [0.717, 1.165) is 11.4 Å². The second kappa shape index (κ2) is 3.41. The minimum atomic E-state index is -0.379. The molecular weight excluding hydrogens is 182 g/mol. The summed E-state index contributed by atoms with van der Waals surface area (Å²) in [7, 11) is 0. The Labute approximate surface area is 80.0 Å². The van der Waals surface area contributed by atoms with Crippen molar-refractivity contribution in [3.63, 3.8) is 0 Å². The molecule has 2 rings (SSSR count). The van der Waals surface area contributed by atoms with E-state index in [1.807, 2.05) is 0 Å². The quantitative estimate of drug-likeness (QED) is 0.694. The summed E-state index contributed by atoms with van der Waals surface area (Å²) in [6, 6.07) is 3.09. The lowest BCUT2D eigenvalue weighted by Crippen LogP contribution is -1.95. The fourth-order valence-corrected chi connectivity index (χ4v) is 1.23. The minimum Gasteiger partial charge on any atom is -0.467 e. The summed E-state index contributed by atoms with van der Waals surface area (Å²) in [4.78, 5) is 10.8. The Kier molecular flexibility index (Phi) is 2.10. The average molecular weight is 191 g/mol. The fraction of sp³-hybridized carbons (Fsp3) is 0.100. The molecule has 2 heterocycles. The zero-order chi connectivity index (χ0) is 9.97. The van der Waals surface area contributed by atoms with E-state index in [4.69, 9.17) is 8.94 Å². The highest BCUT2D eigenvalue weighted by molar-refractivity contribution is 5.33. The molecule has 0 aliphatic carbocycles. The van der Waals surface area contributed by atoms with E-state index in [9.17, 15) is 4.79 Å². The van der Waals surface area contributed by atoms with Gasteiger partial charge < -0.3 is 8.94 Å². The molecule has 0 atom stereocenters. The predicted molar refractivity (Wildman–Crippen MR) is 50.5 cm³/mol. The van der Waals surface area contributed by atoms with Gasteiger partial charge in [-0.1, -0.05) is 6.08 Å². The van der Waals surface area contributed by atoms with Crippen molar-refractivity contribution in [1.29, 1.82) is 0 Å². The van der Waals surface area contributed by atoms with Crippen LogP contribution in [-0.4, -0.2) is 4.74 Å². The molecule has 0 aliphatic rings. The molecule has 0 bridgehead atoms. The van der Waals surface area contributed by atoms with Crippen molar-refractivity contribution in [3.8, 4) is 5.69 Å². The van der Waals surface area contributed by atoms with E-state index in [1.54, 1.807) is 24.6 Å². The largest absolute Gasteiger partial charge is 0.467 e. The molecule has 14 heavy (non-hydrogen) atoms. The second-order valence-electron chi connectivity index (χ2n) is 2.77. The van der Waals surface area contributed by atoms with Gasteiger partial charge in [0.1, 0.15) is 11.4 Å². The molecule has 2 aromatic heterocycles. The Bertz CT molecular complexity index is 489. The molecule has 0 saturated carbocycles. The van der Waals surface area contributed by atoms with Crippen LogP contribution in [-0.2, 0) is 6.42 Å². The summed E-state index contributed by atoms with van der Waals surface area (Å²) in [6.07, 6.45) is 5.43. The van der Waals surface area contributed by atoms with Gasteiger partial charge in [-0.15, -0.1) is 6.58 Å². The van der Waals surface area contributed by atoms with Gasteiger partial charge in [0.15, 0.2) is 0 Å². The third-order valence-corrected chi connectivity index (χ3v) is 1.82. The monoisotopic (exact) mass is 191 g/mol. The smallest absolute Gasteiger partial charge is 0.358 e. The van der Waals surface area contributed by atoms with Crippen LogP contribution in [0.3, 0.4) is 0 Å². The molecule has 0 aromatic carbocycles. The topological polar surface area (TPSA) is 48.3 Å². The van der Waals surface area contributed by atoms with Crippen molar-refractivity contribution in [1.82, 2.24) is 4.74 Å². The molecule has 0 radical (unpaired) electrons. The Hall–Kier alpha value is -1.97. The molecule has 0 aliphatic heterocycles. The highest BCUT2D eigenvalue weighted by Gasteiger charge is 2.08. The fourth-order valence-electron chi connectivity index (χ4n) is 1.23. The first-order valence-electron chi connectivity index (χ1n) is 4.18. The van der Waals surface area contributed by atoms with Gasteiger partial charge in [0.25, 0.3) is 0 Å². The molecule has 0 saturated heterocycles. The molecule has 4 heteroatoms. The third-order valence-electron chi connectivity index (χ3n) is 1.82. The van der Waals surface area contributed by atoms with Crippen LogP contribution in [0.1, 0.15) is 5.76 Å². The number of aromatic nitrogens is 1. The molecule has 2 aromatic rings. The van der Waals surface area contributed by atoms with Crippen LogP contribution in [0.4, 0.5) is 0 Å². The number of rotatable bonds is 3. The molecule has 0 spiro atoms. The average Bonchev–Trinajstić information content (AvgIpc) is 2.74. The first-order chi connectivity index (χ1) is 6.81. The minimum absolute atomic E-state index is 0.379. The van der Waals surface area contributed by atoms with E-state index in [1.165, 1.54) is 10.8 Å². The van der Waals surface area contributed by atoms with Crippen molar-refractivity contribution in [3.05, 3.63) is 53.4 Å². The molecule has 4 nitrogen and oxygen atoms in total. The van der Waals surface area contributed by atoms with Crippen LogP contribution in [0.2, 0.25) is 0 Å². The number of hydrogen-bond donors (Lipinski definition) is 0. The lowest BCUT2D eigenvalue weighted by atomic mass is 10.3. The maximum atomic E-state index is 10.8. The lowest BCUT2D eigenvalue weighted by molar-refractivity contribution is 0.320. The van der Waals surface area contributed by atoms with E-state index in [-0.39, 0.29) is 5.63 Å². The van der Waals surface area contributed by atoms with Crippen molar-refractivity contribution in [2.24, 2.45) is 0 Å². The second-order valence-corrected chi connectivity index (χ2v) is 2.77. The first-order valence-corrected chi connectivity index (χ1v) is 4.18. The van der Waals surface area contributed by atoms with Gasteiger partial charge in [0, 0.05) is 18.6 Å². The maximum absolute atomic E-state index is 10.8. The number of hydrogen-bond acceptors (Lipinski definition) is 3. The molecule has 0 fully saturated rings. The zero-order valence-corrected chi connectivity index (χ0v) is 7.47. The Morgan fingerprint density at radius 3 is 3.00 bits per heavy atom. The van der Waals surface area contributed by atoms with Gasteiger partial charge in [0.05, 0.1) is 12.5 Å². The van der Waals surface area contributed by atoms with Crippen LogP contribution in [0.25, 0.3) is 5.69 Å². The van der Waals surface area contributed by atoms with Gasteiger partial charge in [-0.25, -0.2) is 4.79 Å². The summed E-state index contributed by atoms with van der Waals surface area (Å²) in [5.41, 5.74) is 0.350. The summed E-state index contributed by atoms with van der Waals surface area (Å²) in [5, 5.41) is 0. The van der Waals surface area contributed by atoms with Crippen LogP contribution in [0.5, 0.6) is 0 Å². The van der Waals surface area contributed by atoms with E-state index in [0.29, 0.717) is 6.42 Å². The molecule has 0 unspecified atom stereocenters. The van der Waals surface area contributed by atoms with Crippen molar-refractivity contribution in [2.45, 2.75) is 6.42 Å². The molecular formula is C10H9NO3. The summed E-state index contributed by atoms with van der Waals surface area (Å²) < 4.78 is 11.5. The summed E-state index contributed by atoms with van der Waals surface area (Å²) in [6.45, 7) is 3.61. The summed E-state index contributed by atoms with van der Waals surface area (Å²) >= 11 is 0. The number of furan rings is 1. The maximum Gasteiger partial charge on any atom is 0.358 e. The predicted octanol–water partition coefficient (Wildman–Crippen LogP) is 1.75. The number of allylic oxidation sites excluding steroid dienone is 1.